The molecule has 1 aliphatic rings. The van der Waals surface area contributed by atoms with Crippen molar-refractivity contribution in [2.45, 2.75) is 32.4 Å². The standard InChI is InChI=1S/C25H27N3O3/c1-16-8-7-11-24(26-16)27-20-14-17(2)28(21-10-6-5-9-19(20)21)25(29)18-12-13-22(30-3)23(15-18)31-4/h5-13,15,17,20H,14H2,1-4H3,(H,26,27)/t17-,20-/m0/s1. The zero-order chi connectivity index (χ0) is 22.0. The molecule has 1 aliphatic heterocycles. The summed E-state index contributed by atoms with van der Waals surface area (Å²) in [5, 5.41) is 3.56. The minimum atomic E-state index is -0.0620. The Balaban J connectivity index is 1.68. The van der Waals surface area contributed by atoms with Crippen LogP contribution in [-0.2, 0) is 0 Å². The van der Waals surface area contributed by atoms with Crippen LogP contribution in [-0.4, -0.2) is 31.2 Å². The molecule has 0 unspecified atom stereocenters. The van der Waals surface area contributed by atoms with E-state index in [0.717, 1.165) is 29.2 Å². The molecule has 0 fully saturated rings. The number of hydrogen-bond donors (Lipinski definition) is 1. The fourth-order valence-corrected chi connectivity index (χ4v) is 4.17. The van der Waals surface area contributed by atoms with Crippen LogP contribution in [0.25, 0.3) is 0 Å². The number of fused-ring (bicyclic) bond motifs is 1. The summed E-state index contributed by atoms with van der Waals surface area (Å²) in [6.07, 6.45) is 0.770. The highest BCUT2D eigenvalue weighted by Gasteiger charge is 2.34. The Morgan fingerprint density at radius 1 is 1.03 bits per heavy atom. The molecule has 2 atom stereocenters. The Morgan fingerprint density at radius 2 is 1.81 bits per heavy atom. The van der Waals surface area contributed by atoms with Gasteiger partial charge < -0.3 is 19.7 Å². The molecule has 0 saturated carbocycles. The molecular formula is C25H27N3O3. The lowest BCUT2D eigenvalue weighted by Gasteiger charge is -2.40. The number of nitrogens with zero attached hydrogens (tertiary/aromatic N) is 2. The number of aryl methyl sites for hydroxylation is 1. The van der Waals surface area contributed by atoms with Crippen molar-refractivity contribution in [2.24, 2.45) is 0 Å². The summed E-state index contributed by atoms with van der Waals surface area (Å²) in [5.74, 6) is 1.91. The van der Waals surface area contributed by atoms with Crippen molar-refractivity contribution < 1.29 is 14.3 Å². The van der Waals surface area contributed by atoms with Crippen LogP contribution in [0, 0.1) is 6.92 Å². The third-order valence-corrected chi connectivity index (χ3v) is 5.65. The normalized spacial score (nSPS) is 17.6. The second kappa shape index (κ2) is 8.68. The van der Waals surface area contributed by atoms with E-state index in [1.54, 1.807) is 32.4 Å². The quantitative estimate of drug-likeness (QED) is 0.633. The molecule has 2 heterocycles. The number of para-hydroxylation sites is 1. The number of pyridine rings is 1. The molecule has 31 heavy (non-hydrogen) atoms. The Hall–Kier alpha value is -3.54. The number of carbonyl (C=O) groups is 1. The van der Waals surface area contributed by atoms with Gasteiger partial charge in [-0.3, -0.25) is 4.79 Å². The highest BCUT2D eigenvalue weighted by atomic mass is 16.5. The molecule has 4 rings (SSSR count). The number of amides is 1. The lowest BCUT2D eigenvalue weighted by Crippen LogP contribution is -2.44. The Labute approximate surface area is 182 Å². The van der Waals surface area contributed by atoms with E-state index in [4.69, 9.17) is 9.47 Å². The maximum atomic E-state index is 13.5. The van der Waals surface area contributed by atoms with Crippen molar-refractivity contribution in [3.05, 3.63) is 77.5 Å². The Kier molecular flexibility index (Phi) is 5.80. The van der Waals surface area contributed by atoms with Gasteiger partial charge in [-0.1, -0.05) is 24.3 Å². The monoisotopic (exact) mass is 417 g/mol. The number of methoxy groups -OCH3 is 2. The highest BCUT2D eigenvalue weighted by molar-refractivity contribution is 6.07. The average molecular weight is 418 g/mol. The van der Waals surface area contributed by atoms with Crippen LogP contribution >= 0.6 is 0 Å². The molecule has 0 bridgehead atoms. The molecule has 1 N–H and O–H groups in total. The van der Waals surface area contributed by atoms with Crippen LogP contribution < -0.4 is 19.7 Å². The minimum absolute atomic E-state index is 0.00203. The maximum Gasteiger partial charge on any atom is 0.258 e. The van der Waals surface area contributed by atoms with Crippen molar-refractivity contribution in [3.8, 4) is 11.5 Å². The number of hydrogen-bond acceptors (Lipinski definition) is 5. The van der Waals surface area contributed by atoms with E-state index >= 15 is 0 Å². The first kappa shape index (κ1) is 20.7. The minimum Gasteiger partial charge on any atom is -0.493 e. The van der Waals surface area contributed by atoms with Crippen molar-refractivity contribution in [1.82, 2.24) is 4.98 Å². The molecule has 2 aromatic carbocycles. The van der Waals surface area contributed by atoms with E-state index in [0.29, 0.717) is 17.1 Å². The first-order valence-electron chi connectivity index (χ1n) is 10.4. The fraction of sp³-hybridized carbons (Fsp3) is 0.280. The zero-order valence-electron chi connectivity index (χ0n) is 18.3. The first-order valence-corrected chi connectivity index (χ1v) is 10.4. The number of nitrogens with one attached hydrogen (secondary N) is 1. The molecule has 0 radical (unpaired) electrons. The Morgan fingerprint density at radius 3 is 2.55 bits per heavy atom. The van der Waals surface area contributed by atoms with E-state index in [2.05, 4.69) is 23.3 Å². The zero-order valence-corrected chi connectivity index (χ0v) is 18.3. The van der Waals surface area contributed by atoms with Crippen LogP contribution in [0.1, 0.15) is 41.0 Å². The lowest BCUT2D eigenvalue weighted by atomic mass is 9.91. The predicted octanol–water partition coefficient (Wildman–Crippen LogP) is 5.00. The number of benzene rings is 2. The topological polar surface area (TPSA) is 63.7 Å². The fourth-order valence-electron chi connectivity index (χ4n) is 4.17. The van der Waals surface area contributed by atoms with E-state index in [-0.39, 0.29) is 18.0 Å². The second-order valence-corrected chi connectivity index (χ2v) is 7.75. The summed E-state index contributed by atoms with van der Waals surface area (Å²) in [6, 6.07) is 19.3. The van der Waals surface area contributed by atoms with Crippen LogP contribution in [0.3, 0.4) is 0 Å². The first-order chi connectivity index (χ1) is 15.0. The van der Waals surface area contributed by atoms with Gasteiger partial charge in [-0.05, 0) is 62.2 Å². The summed E-state index contributed by atoms with van der Waals surface area (Å²) < 4.78 is 10.7. The van der Waals surface area contributed by atoms with E-state index in [9.17, 15) is 4.79 Å². The number of aromatic nitrogens is 1. The largest absolute Gasteiger partial charge is 0.493 e. The number of anilines is 2. The second-order valence-electron chi connectivity index (χ2n) is 7.75. The van der Waals surface area contributed by atoms with Crippen molar-refractivity contribution >= 4 is 17.4 Å². The number of ether oxygens (including phenoxy) is 2. The summed E-state index contributed by atoms with van der Waals surface area (Å²) in [7, 11) is 3.15. The third-order valence-electron chi connectivity index (χ3n) is 5.65. The van der Waals surface area contributed by atoms with Gasteiger partial charge in [-0.25, -0.2) is 4.98 Å². The van der Waals surface area contributed by atoms with Gasteiger partial charge in [-0.2, -0.15) is 0 Å². The predicted molar refractivity (Wildman–Crippen MR) is 122 cm³/mol. The van der Waals surface area contributed by atoms with E-state index in [1.807, 2.05) is 48.2 Å². The van der Waals surface area contributed by atoms with Gasteiger partial charge in [0.15, 0.2) is 11.5 Å². The molecule has 1 amide bonds. The van der Waals surface area contributed by atoms with Gasteiger partial charge in [0.2, 0.25) is 0 Å². The van der Waals surface area contributed by atoms with Gasteiger partial charge in [0.05, 0.1) is 20.3 Å². The third kappa shape index (κ3) is 4.06. The summed E-state index contributed by atoms with van der Waals surface area (Å²) in [5.41, 5.74) is 3.52. The number of rotatable bonds is 5. The van der Waals surface area contributed by atoms with Crippen LogP contribution in [0.5, 0.6) is 11.5 Å². The van der Waals surface area contributed by atoms with Crippen molar-refractivity contribution in [3.63, 3.8) is 0 Å². The van der Waals surface area contributed by atoms with Crippen LogP contribution in [0.2, 0.25) is 0 Å². The lowest BCUT2D eigenvalue weighted by molar-refractivity contribution is 0.0973. The summed E-state index contributed by atoms with van der Waals surface area (Å²) in [6.45, 7) is 4.05. The average Bonchev–Trinajstić information content (AvgIpc) is 2.78. The van der Waals surface area contributed by atoms with Crippen molar-refractivity contribution in [2.75, 3.05) is 24.4 Å². The smallest absolute Gasteiger partial charge is 0.258 e. The summed E-state index contributed by atoms with van der Waals surface area (Å²) >= 11 is 0. The van der Waals surface area contributed by atoms with Crippen LogP contribution in [0.15, 0.2) is 60.7 Å². The molecule has 3 aromatic rings. The summed E-state index contributed by atoms with van der Waals surface area (Å²) in [4.78, 5) is 20.0. The highest BCUT2D eigenvalue weighted by Crippen LogP contribution is 2.40. The SMILES string of the molecule is COc1ccc(C(=O)N2c3ccccc3[C@@H](Nc3cccc(C)n3)C[C@@H]2C)cc1OC. The molecule has 0 spiro atoms. The van der Waals surface area contributed by atoms with Gasteiger partial charge >= 0.3 is 0 Å². The van der Waals surface area contributed by atoms with E-state index in [1.165, 1.54) is 0 Å². The molecule has 6 heteroatoms. The molecule has 0 aliphatic carbocycles. The van der Waals surface area contributed by atoms with E-state index < -0.39 is 0 Å². The molecule has 1 aromatic heterocycles. The molecule has 0 saturated heterocycles. The number of carbonyl (C=O) groups excluding carboxylic acids is 1. The van der Waals surface area contributed by atoms with Gasteiger partial charge in [0.25, 0.3) is 5.91 Å². The molecule has 6 nitrogen and oxygen atoms in total. The molecule has 160 valence electrons. The molecular weight excluding hydrogens is 390 g/mol. The van der Waals surface area contributed by atoms with Crippen molar-refractivity contribution in [1.29, 1.82) is 0 Å². The van der Waals surface area contributed by atoms with Crippen LogP contribution in [0.4, 0.5) is 11.5 Å². The van der Waals surface area contributed by atoms with Gasteiger partial charge in [-0.15, -0.1) is 0 Å². The maximum absolute atomic E-state index is 13.5. The Bertz CT molecular complexity index is 1100. The van der Waals surface area contributed by atoms with Gasteiger partial charge in [0.1, 0.15) is 5.82 Å². The van der Waals surface area contributed by atoms with Gasteiger partial charge in [0, 0.05) is 23.0 Å².